The van der Waals surface area contributed by atoms with Gasteiger partial charge in [0.05, 0.1) is 31.2 Å². The Morgan fingerprint density at radius 3 is 2.00 bits per heavy atom. The lowest BCUT2D eigenvalue weighted by molar-refractivity contribution is -0.0435. The van der Waals surface area contributed by atoms with Crippen molar-refractivity contribution in [2.24, 2.45) is 10.6 Å². The average molecular weight is 267 g/mol. The Labute approximate surface area is 105 Å². The molecule has 2 N–H and O–H groups in total. The Hall–Kier alpha value is -0.170. The lowest BCUT2D eigenvalue weighted by Crippen LogP contribution is -2.33. The molecule has 0 rings (SSSR count). The minimum absolute atomic E-state index is 0.0832. The maximum absolute atomic E-state index is 11.0. The van der Waals surface area contributed by atoms with Crippen molar-refractivity contribution in [3.8, 4) is 0 Å². The van der Waals surface area contributed by atoms with Crippen LogP contribution in [0.25, 0.3) is 0 Å². The SMILES string of the molecule is CC(C)(COCCOC(C)(C)C)CS(N)(=O)=O. The van der Waals surface area contributed by atoms with Gasteiger partial charge in [0.25, 0.3) is 0 Å². The van der Waals surface area contributed by atoms with Crippen molar-refractivity contribution >= 4 is 10.0 Å². The second-order valence-corrected chi connectivity index (χ2v) is 7.60. The molecule has 0 atom stereocenters. The largest absolute Gasteiger partial charge is 0.378 e. The molecule has 0 aromatic rings. The topological polar surface area (TPSA) is 78.6 Å². The molecule has 17 heavy (non-hydrogen) atoms. The highest BCUT2D eigenvalue weighted by molar-refractivity contribution is 7.89. The van der Waals surface area contributed by atoms with Gasteiger partial charge in [0.15, 0.2) is 0 Å². The molecule has 0 saturated carbocycles. The normalized spacial score (nSPS) is 14.0. The van der Waals surface area contributed by atoms with Crippen molar-refractivity contribution in [2.75, 3.05) is 25.6 Å². The molecule has 5 nitrogen and oxygen atoms in total. The molecule has 0 radical (unpaired) electrons. The van der Waals surface area contributed by atoms with Crippen LogP contribution in [-0.4, -0.2) is 39.6 Å². The molecule has 0 aliphatic heterocycles. The second kappa shape index (κ2) is 6.13. The fourth-order valence-electron chi connectivity index (χ4n) is 1.34. The van der Waals surface area contributed by atoms with Gasteiger partial charge in [0.2, 0.25) is 10.0 Å². The van der Waals surface area contributed by atoms with Crippen LogP contribution in [0.4, 0.5) is 0 Å². The summed E-state index contributed by atoms with van der Waals surface area (Å²) in [6.45, 7) is 10.8. The van der Waals surface area contributed by atoms with E-state index in [4.69, 9.17) is 14.6 Å². The van der Waals surface area contributed by atoms with E-state index >= 15 is 0 Å². The van der Waals surface area contributed by atoms with Crippen molar-refractivity contribution in [3.63, 3.8) is 0 Å². The van der Waals surface area contributed by atoms with Gasteiger partial charge in [0.1, 0.15) is 0 Å². The van der Waals surface area contributed by atoms with E-state index in [2.05, 4.69) is 0 Å². The van der Waals surface area contributed by atoms with Crippen LogP contribution in [0.3, 0.4) is 0 Å². The highest BCUT2D eigenvalue weighted by atomic mass is 32.2. The molecule has 6 heteroatoms. The van der Waals surface area contributed by atoms with E-state index in [1.54, 1.807) is 0 Å². The molecule has 0 unspecified atom stereocenters. The number of sulfonamides is 1. The highest BCUT2D eigenvalue weighted by Gasteiger charge is 2.24. The van der Waals surface area contributed by atoms with Gasteiger partial charge < -0.3 is 9.47 Å². The predicted octanol–water partition coefficient (Wildman–Crippen LogP) is 1.13. The van der Waals surface area contributed by atoms with Crippen molar-refractivity contribution in [1.29, 1.82) is 0 Å². The van der Waals surface area contributed by atoms with Gasteiger partial charge >= 0.3 is 0 Å². The molecule has 0 bridgehead atoms. The van der Waals surface area contributed by atoms with Gasteiger partial charge in [-0.05, 0) is 20.8 Å². The van der Waals surface area contributed by atoms with Gasteiger partial charge in [-0.1, -0.05) is 13.8 Å². The maximum Gasteiger partial charge on any atom is 0.209 e. The molecule has 0 fully saturated rings. The first-order valence-electron chi connectivity index (χ1n) is 5.63. The molecular formula is C11H25NO4S. The first-order chi connectivity index (χ1) is 7.41. The smallest absolute Gasteiger partial charge is 0.209 e. The summed E-state index contributed by atoms with van der Waals surface area (Å²) >= 11 is 0. The summed E-state index contributed by atoms with van der Waals surface area (Å²) in [6, 6.07) is 0. The summed E-state index contributed by atoms with van der Waals surface area (Å²) < 4.78 is 32.8. The maximum atomic E-state index is 11.0. The molecular weight excluding hydrogens is 242 g/mol. The Balaban J connectivity index is 3.81. The Kier molecular flexibility index (Phi) is 6.07. The number of primary sulfonamides is 1. The average Bonchev–Trinajstić information content (AvgIpc) is 1.95. The number of hydrogen-bond donors (Lipinski definition) is 1. The zero-order valence-electron chi connectivity index (χ0n) is 11.4. The van der Waals surface area contributed by atoms with Crippen LogP contribution in [0.15, 0.2) is 0 Å². The third kappa shape index (κ3) is 12.1. The van der Waals surface area contributed by atoms with Crippen LogP contribution in [0.5, 0.6) is 0 Å². The Morgan fingerprint density at radius 2 is 1.59 bits per heavy atom. The molecule has 0 heterocycles. The van der Waals surface area contributed by atoms with E-state index in [0.29, 0.717) is 19.8 Å². The van der Waals surface area contributed by atoms with E-state index in [1.807, 2.05) is 34.6 Å². The summed E-state index contributed by atoms with van der Waals surface area (Å²) in [6.07, 6.45) is 0. The van der Waals surface area contributed by atoms with Crippen molar-refractivity contribution in [2.45, 2.75) is 40.2 Å². The van der Waals surface area contributed by atoms with Gasteiger partial charge in [-0.3, -0.25) is 0 Å². The van der Waals surface area contributed by atoms with Crippen LogP contribution >= 0.6 is 0 Å². The third-order valence-corrected chi connectivity index (χ3v) is 3.03. The molecule has 0 amide bonds. The monoisotopic (exact) mass is 267 g/mol. The van der Waals surface area contributed by atoms with Crippen molar-refractivity contribution in [1.82, 2.24) is 0 Å². The minimum Gasteiger partial charge on any atom is -0.378 e. The van der Waals surface area contributed by atoms with E-state index in [-0.39, 0.29) is 11.4 Å². The summed E-state index contributed by atoms with van der Waals surface area (Å²) in [5.41, 5.74) is -0.658. The zero-order chi connectivity index (χ0) is 13.7. The number of hydrogen-bond acceptors (Lipinski definition) is 4. The van der Waals surface area contributed by atoms with Crippen molar-refractivity contribution in [3.05, 3.63) is 0 Å². The first kappa shape index (κ1) is 16.8. The molecule has 0 aromatic carbocycles. The minimum atomic E-state index is -3.46. The number of ether oxygens (including phenoxy) is 2. The molecule has 0 aliphatic rings. The summed E-state index contributed by atoms with van der Waals surface area (Å²) in [5, 5.41) is 5.00. The molecule has 0 aliphatic carbocycles. The Bertz CT molecular complexity index is 317. The van der Waals surface area contributed by atoms with Gasteiger partial charge in [-0.25, -0.2) is 13.6 Å². The van der Waals surface area contributed by atoms with Crippen LogP contribution in [-0.2, 0) is 19.5 Å². The lowest BCUT2D eigenvalue weighted by atomic mass is 9.98. The van der Waals surface area contributed by atoms with Crippen LogP contribution in [0.1, 0.15) is 34.6 Å². The quantitative estimate of drug-likeness (QED) is 0.701. The predicted molar refractivity (Wildman–Crippen MR) is 68.3 cm³/mol. The summed E-state index contributed by atoms with van der Waals surface area (Å²) in [5.74, 6) is -0.0832. The third-order valence-electron chi connectivity index (χ3n) is 1.85. The highest BCUT2D eigenvalue weighted by Crippen LogP contribution is 2.17. The second-order valence-electron chi connectivity index (χ2n) is 5.98. The lowest BCUT2D eigenvalue weighted by Gasteiger charge is -2.24. The van der Waals surface area contributed by atoms with Gasteiger partial charge in [-0.2, -0.15) is 0 Å². The molecule has 0 spiro atoms. The number of nitrogens with two attached hydrogens (primary N) is 1. The molecule has 0 saturated heterocycles. The van der Waals surface area contributed by atoms with Gasteiger partial charge in [-0.15, -0.1) is 0 Å². The first-order valence-corrected chi connectivity index (χ1v) is 7.35. The van der Waals surface area contributed by atoms with Crippen LogP contribution < -0.4 is 5.14 Å². The van der Waals surface area contributed by atoms with E-state index in [0.717, 1.165) is 0 Å². The van der Waals surface area contributed by atoms with E-state index in [1.165, 1.54) is 0 Å². The van der Waals surface area contributed by atoms with Crippen LogP contribution in [0, 0.1) is 5.41 Å². The summed E-state index contributed by atoms with van der Waals surface area (Å²) in [7, 11) is -3.46. The fourth-order valence-corrected chi connectivity index (χ4v) is 2.51. The Morgan fingerprint density at radius 1 is 1.06 bits per heavy atom. The summed E-state index contributed by atoms with van der Waals surface area (Å²) in [4.78, 5) is 0. The van der Waals surface area contributed by atoms with E-state index in [9.17, 15) is 8.42 Å². The van der Waals surface area contributed by atoms with Crippen LogP contribution in [0.2, 0.25) is 0 Å². The zero-order valence-corrected chi connectivity index (χ0v) is 12.3. The molecule has 104 valence electrons. The van der Waals surface area contributed by atoms with Gasteiger partial charge in [0, 0.05) is 5.41 Å². The van der Waals surface area contributed by atoms with E-state index < -0.39 is 15.4 Å². The number of rotatable bonds is 7. The van der Waals surface area contributed by atoms with Crippen molar-refractivity contribution < 1.29 is 17.9 Å². The standard InChI is InChI=1S/C11H25NO4S/c1-10(2,3)16-7-6-15-8-11(4,5)9-17(12,13)14/h6-9H2,1-5H3,(H2,12,13,14). The fraction of sp³-hybridized carbons (Fsp3) is 1.00. The molecule has 0 aromatic heterocycles.